The Morgan fingerprint density at radius 3 is 2.63 bits per heavy atom. The van der Waals surface area contributed by atoms with Gasteiger partial charge in [-0.05, 0) is 64.0 Å². The van der Waals surface area contributed by atoms with E-state index in [9.17, 15) is 18.0 Å². The van der Waals surface area contributed by atoms with Crippen molar-refractivity contribution in [3.63, 3.8) is 0 Å². The number of hydroxylamine groups is 2. The summed E-state index contributed by atoms with van der Waals surface area (Å²) in [5.41, 5.74) is 0.340. The second-order valence-corrected chi connectivity index (χ2v) is 8.70. The number of urea groups is 1. The Labute approximate surface area is 159 Å². The van der Waals surface area contributed by atoms with Crippen LogP contribution in [0.1, 0.15) is 45.4 Å². The van der Waals surface area contributed by atoms with Gasteiger partial charge in [0.05, 0.1) is 6.54 Å². The molecule has 3 fully saturated rings. The van der Waals surface area contributed by atoms with Gasteiger partial charge in [0, 0.05) is 12.6 Å². The number of nitrogens with one attached hydrogen (secondary N) is 2. The first kappa shape index (κ1) is 20.3. The first-order valence-electron chi connectivity index (χ1n) is 9.49. The van der Waals surface area contributed by atoms with Crippen molar-refractivity contribution < 1.29 is 26.8 Å². The average Bonchev–Trinajstić information content (AvgIpc) is 2.72. The van der Waals surface area contributed by atoms with E-state index >= 15 is 0 Å². The van der Waals surface area contributed by atoms with Gasteiger partial charge < -0.3 is 15.5 Å². The van der Waals surface area contributed by atoms with E-state index in [0.717, 1.165) is 38.8 Å². The van der Waals surface area contributed by atoms with Crippen LogP contribution in [-0.4, -0.2) is 73.1 Å². The Kier molecular flexibility index (Phi) is 5.94. The normalized spacial score (nSPS) is 26.6. The lowest BCUT2D eigenvalue weighted by Crippen LogP contribution is -2.58. The van der Waals surface area contributed by atoms with Gasteiger partial charge in [0.2, 0.25) is 5.91 Å². The van der Waals surface area contributed by atoms with Crippen LogP contribution in [0.4, 0.5) is 4.79 Å². The van der Waals surface area contributed by atoms with Crippen LogP contribution in [0.5, 0.6) is 0 Å². The standard InChI is InChI=1S/C16H28N4O6S/c1-2-19-13(4-3-9-20(15(19)22)26-27(23,24)25)14(21)18-12-10-16(11-12)5-7-17-8-6-16/h12-13,17H,2-11H2,1H3,(H,18,21)(H,23,24,25)/t13-/m0/s1. The molecule has 0 aromatic carbocycles. The molecule has 0 radical (unpaired) electrons. The Hall–Kier alpha value is -1.43. The van der Waals surface area contributed by atoms with Gasteiger partial charge in [0.25, 0.3) is 0 Å². The first-order valence-corrected chi connectivity index (χ1v) is 10.9. The molecular weight excluding hydrogens is 376 g/mol. The third-order valence-corrected chi connectivity index (χ3v) is 6.24. The molecule has 3 aliphatic rings. The fourth-order valence-corrected chi connectivity index (χ4v) is 4.88. The summed E-state index contributed by atoms with van der Waals surface area (Å²) >= 11 is 0. The molecule has 1 saturated carbocycles. The van der Waals surface area contributed by atoms with E-state index < -0.39 is 22.5 Å². The SMILES string of the molecule is CCN1C(=O)N(OS(=O)(=O)O)CCC[C@H]1C(=O)NC1CC2(CCNCC2)C1. The predicted molar refractivity (Wildman–Crippen MR) is 95.8 cm³/mol. The summed E-state index contributed by atoms with van der Waals surface area (Å²) in [4.78, 5) is 26.6. The second kappa shape index (κ2) is 7.90. The number of hydrogen-bond acceptors (Lipinski definition) is 6. The van der Waals surface area contributed by atoms with Crippen LogP contribution < -0.4 is 10.6 Å². The zero-order valence-electron chi connectivity index (χ0n) is 15.5. The molecule has 0 unspecified atom stereocenters. The molecule has 0 aromatic rings. The van der Waals surface area contributed by atoms with Gasteiger partial charge in [-0.3, -0.25) is 9.35 Å². The monoisotopic (exact) mass is 404 g/mol. The number of nitrogens with zero attached hydrogens (tertiary/aromatic N) is 2. The van der Waals surface area contributed by atoms with Gasteiger partial charge in [-0.2, -0.15) is 13.5 Å². The topological polar surface area (TPSA) is 128 Å². The van der Waals surface area contributed by atoms with Crippen LogP contribution in [0.15, 0.2) is 0 Å². The Morgan fingerprint density at radius 2 is 2.04 bits per heavy atom. The molecule has 2 saturated heterocycles. The maximum atomic E-state index is 12.8. The highest BCUT2D eigenvalue weighted by Crippen LogP contribution is 2.47. The lowest BCUT2D eigenvalue weighted by atomic mass is 9.60. The van der Waals surface area contributed by atoms with Crippen LogP contribution in [0, 0.1) is 5.41 Å². The van der Waals surface area contributed by atoms with Crippen molar-refractivity contribution in [1.29, 1.82) is 0 Å². The molecule has 1 atom stereocenters. The van der Waals surface area contributed by atoms with E-state index in [4.69, 9.17) is 4.55 Å². The van der Waals surface area contributed by atoms with Crippen molar-refractivity contribution in [3.8, 4) is 0 Å². The van der Waals surface area contributed by atoms with Crippen molar-refractivity contribution >= 4 is 22.3 Å². The summed E-state index contributed by atoms with van der Waals surface area (Å²) in [5, 5.41) is 7.00. The van der Waals surface area contributed by atoms with Crippen molar-refractivity contribution in [3.05, 3.63) is 0 Å². The number of amides is 3. The lowest BCUT2D eigenvalue weighted by Gasteiger charge is -2.50. The van der Waals surface area contributed by atoms with Gasteiger partial charge in [0.15, 0.2) is 0 Å². The summed E-state index contributed by atoms with van der Waals surface area (Å²) in [6.45, 7) is 3.96. The molecule has 2 heterocycles. The number of rotatable bonds is 5. The van der Waals surface area contributed by atoms with E-state index in [1.165, 1.54) is 4.90 Å². The molecule has 3 rings (SSSR count). The summed E-state index contributed by atoms with van der Waals surface area (Å²) in [7, 11) is -4.80. The van der Waals surface area contributed by atoms with Gasteiger partial charge >= 0.3 is 16.4 Å². The van der Waals surface area contributed by atoms with Crippen molar-refractivity contribution in [1.82, 2.24) is 20.6 Å². The smallest absolute Gasteiger partial charge is 0.352 e. The van der Waals surface area contributed by atoms with Crippen molar-refractivity contribution in [2.75, 3.05) is 26.2 Å². The molecule has 0 aromatic heterocycles. The van der Waals surface area contributed by atoms with Crippen LogP contribution in [0.25, 0.3) is 0 Å². The quantitative estimate of drug-likeness (QED) is 0.561. The molecule has 3 amide bonds. The highest BCUT2D eigenvalue weighted by molar-refractivity contribution is 7.80. The fourth-order valence-electron chi connectivity index (χ4n) is 4.52. The van der Waals surface area contributed by atoms with Crippen LogP contribution in [0.2, 0.25) is 0 Å². The predicted octanol–water partition coefficient (Wildman–Crippen LogP) is 0.276. The van der Waals surface area contributed by atoms with Gasteiger partial charge in [0.1, 0.15) is 6.04 Å². The highest BCUT2D eigenvalue weighted by Gasteiger charge is 2.46. The van der Waals surface area contributed by atoms with E-state index in [1.54, 1.807) is 6.92 Å². The summed E-state index contributed by atoms with van der Waals surface area (Å²) in [6.07, 6.45) is 4.97. The Bertz CT molecular complexity index is 670. The van der Waals surface area contributed by atoms with E-state index in [0.29, 0.717) is 23.3 Å². The first-order chi connectivity index (χ1) is 12.7. The minimum absolute atomic E-state index is 0.0154. The van der Waals surface area contributed by atoms with Gasteiger partial charge in [-0.25, -0.2) is 4.79 Å². The van der Waals surface area contributed by atoms with Crippen molar-refractivity contribution in [2.45, 2.75) is 57.5 Å². The molecular formula is C16H28N4O6S. The minimum atomic E-state index is -4.80. The van der Waals surface area contributed by atoms with Crippen molar-refractivity contribution in [2.24, 2.45) is 5.41 Å². The largest absolute Gasteiger partial charge is 0.418 e. The summed E-state index contributed by atoms with van der Waals surface area (Å²) in [5.74, 6) is -0.215. The molecule has 3 N–H and O–H groups in total. The summed E-state index contributed by atoms with van der Waals surface area (Å²) < 4.78 is 35.1. The molecule has 2 aliphatic heterocycles. The number of likely N-dealkylation sites (N-methyl/N-ethyl adjacent to an activating group) is 1. The third kappa shape index (κ3) is 4.71. The number of carbonyl (C=O) groups is 2. The maximum absolute atomic E-state index is 12.8. The number of hydrogen-bond donors (Lipinski definition) is 3. The van der Waals surface area contributed by atoms with Gasteiger partial charge in [-0.15, -0.1) is 4.28 Å². The van der Waals surface area contributed by atoms with Gasteiger partial charge in [-0.1, -0.05) is 0 Å². The third-order valence-electron chi connectivity index (χ3n) is 5.87. The number of carbonyl (C=O) groups excluding carboxylic acids is 2. The second-order valence-electron chi connectivity index (χ2n) is 7.69. The van der Waals surface area contributed by atoms with Crippen LogP contribution in [0.3, 0.4) is 0 Å². The van der Waals surface area contributed by atoms with E-state index in [2.05, 4.69) is 14.9 Å². The molecule has 10 nitrogen and oxygen atoms in total. The molecule has 27 heavy (non-hydrogen) atoms. The molecule has 0 bridgehead atoms. The Morgan fingerprint density at radius 1 is 1.37 bits per heavy atom. The Balaban J connectivity index is 1.59. The van der Waals surface area contributed by atoms with E-state index in [-0.39, 0.29) is 25.0 Å². The average molecular weight is 404 g/mol. The fraction of sp³-hybridized carbons (Fsp3) is 0.875. The lowest BCUT2D eigenvalue weighted by molar-refractivity contribution is -0.128. The number of piperidine rings is 1. The van der Waals surface area contributed by atoms with Crippen LogP contribution >= 0.6 is 0 Å². The zero-order valence-corrected chi connectivity index (χ0v) is 16.3. The van der Waals surface area contributed by atoms with Crippen LogP contribution in [-0.2, 0) is 19.5 Å². The maximum Gasteiger partial charge on any atom is 0.418 e. The van der Waals surface area contributed by atoms with E-state index in [1.807, 2.05) is 0 Å². The zero-order chi connectivity index (χ0) is 19.7. The highest BCUT2D eigenvalue weighted by atomic mass is 32.3. The molecule has 1 spiro atoms. The molecule has 154 valence electrons. The molecule has 1 aliphatic carbocycles. The summed E-state index contributed by atoms with van der Waals surface area (Å²) in [6, 6.07) is -1.30. The minimum Gasteiger partial charge on any atom is -0.352 e. The molecule has 11 heteroatoms.